The first-order valence-electron chi connectivity index (χ1n) is 6.20. The Bertz CT molecular complexity index is 999. The van der Waals surface area contributed by atoms with E-state index < -0.39 is 22.0 Å². The second-order valence-corrected chi connectivity index (χ2v) is 7.74. The highest BCUT2D eigenvalue weighted by Gasteiger charge is 2.38. The zero-order valence-corrected chi connectivity index (χ0v) is 13.8. The molecule has 0 fully saturated rings. The predicted molar refractivity (Wildman–Crippen MR) is 79.1 cm³/mol. The SMILES string of the molecule is O=S(=O)(NCc1nn2c(C(F)(F)F)nnc2s1)c1cccc(Cl)c1. The Kier molecular flexibility index (Phi) is 4.23. The van der Waals surface area contributed by atoms with Crippen molar-refractivity contribution in [3.8, 4) is 0 Å². The molecule has 0 unspecified atom stereocenters. The van der Waals surface area contributed by atoms with Crippen LogP contribution in [0.3, 0.4) is 0 Å². The number of benzene rings is 1. The van der Waals surface area contributed by atoms with Gasteiger partial charge in [-0.15, -0.1) is 10.2 Å². The number of hydrogen-bond donors (Lipinski definition) is 1. The summed E-state index contributed by atoms with van der Waals surface area (Å²) in [6.45, 7) is -0.291. The molecule has 7 nitrogen and oxygen atoms in total. The summed E-state index contributed by atoms with van der Waals surface area (Å²) in [6.07, 6.45) is -4.70. The zero-order valence-electron chi connectivity index (χ0n) is 11.5. The van der Waals surface area contributed by atoms with Gasteiger partial charge in [-0.25, -0.2) is 13.1 Å². The largest absolute Gasteiger partial charge is 0.453 e. The minimum Gasteiger partial charge on any atom is -0.207 e. The van der Waals surface area contributed by atoms with Crippen molar-refractivity contribution in [2.45, 2.75) is 17.6 Å². The summed E-state index contributed by atoms with van der Waals surface area (Å²) in [5.41, 5.74) is 0. The van der Waals surface area contributed by atoms with Gasteiger partial charge in [0.05, 0.1) is 11.4 Å². The molecule has 0 atom stereocenters. The van der Waals surface area contributed by atoms with E-state index in [0.29, 0.717) is 4.52 Å². The Morgan fingerprint density at radius 1 is 1.29 bits per heavy atom. The predicted octanol–water partition coefficient (Wildman–Crippen LogP) is 2.34. The van der Waals surface area contributed by atoms with Crippen molar-refractivity contribution in [3.63, 3.8) is 0 Å². The van der Waals surface area contributed by atoms with E-state index in [1.165, 1.54) is 24.3 Å². The molecular weight excluding hydrogens is 391 g/mol. The third kappa shape index (κ3) is 3.36. The number of aromatic nitrogens is 4. The van der Waals surface area contributed by atoms with Crippen LogP contribution < -0.4 is 4.72 Å². The van der Waals surface area contributed by atoms with Gasteiger partial charge in [-0.2, -0.15) is 22.8 Å². The van der Waals surface area contributed by atoms with Gasteiger partial charge in [-0.05, 0) is 18.2 Å². The number of halogens is 4. The molecule has 0 spiro atoms. The third-order valence-corrected chi connectivity index (χ3v) is 5.34. The van der Waals surface area contributed by atoms with Crippen molar-refractivity contribution in [2.24, 2.45) is 0 Å². The highest BCUT2D eigenvalue weighted by molar-refractivity contribution is 7.89. The van der Waals surface area contributed by atoms with Crippen molar-refractivity contribution >= 4 is 37.9 Å². The van der Waals surface area contributed by atoms with Crippen LogP contribution >= 0.6 is 22.9 Å². The summed E-state index contributed by atoms with van der Waals surface area (Å²) < 4.78 is 65.2. The lowest BCUT2D eigenvalue weighted by molar-refractivity contribution is -0.146. The van der Waals surface area contributed by atoms with Gasteiger partial charge in [0.1, 0.15) is 5.01 Å². The van der Waals surface area contributed by atoms with E-state index in [4.69, 9.17) is 11.6 Å². The Morgan fingerprint density at radius 3 is 2.71 bits per heavy atom. The van der Waals surface area contributed by atoms with Gasteiger partial charge in [0, 0.05) is 5.02 Å². The van der Waals surface area contributed by atoms with E-state index in [0.717, 1.165) is 11.3 Å². The number of fused-ring (bicyclic) bond motifs is 1. The van der Waals surface area contributed by atoms with Gasteiger partial charge < -0.3 is 0 Å². The fourth-order valence-corrected chi connectivity index (χ4v) is 3.93. The van der Waals surface area contributed by atoms with Crippen molar-refractivity contribution < 1.29 is 21.6 Å². The molecule has 2 heterocycles. The van der Waals surface area contributed by atoms with Gasteiger partial charge in [-0.3, -0.25) is 0 Å². The van der Waals surface area contributed by atoms with Crippen LogP contribution in [0.15, 0.2) is 29.2 Å². The molecule has 13 heteroatoms. The smallest absolute Gasteiger partial charge is 0.207 e. The average Bonchev–Trinajstić information content (AvgIpc) is 3.03. The van der Waals surface area contributed by atoms with Gasteiger partial charge in [0.25, 0.3) is 5.82 Å². The first-order chi connectivity index (χ1) is 11.2. The summed E-state index contributed by atoms with van der Waals surface area (Å²) in [4.78, 5) is -0.145. The van der Waals surface area contributed by atoms with Crippen LogP contribution in [0.4, 0.5) is 13.2 Å². The average molecular weight is 398 g/mol. The first-order valence-corrected chi connectivity index (χ1v) is 8.88. The monoisotopic (exact) mass is 397 g/mol. The van der Waals surface area contributed by atoms with Gasteiger partial charge in [0.2, 0.25) is 15.0 Å². The second kappa shape index (κ2) is 5.95. The summed E-state index contributed by atoms with van der Waals surface area (Å²) >= 11 is 6.54. The molecule has 1 aromatic carbocycles. The summed E-state index contributed by atoms with van der Waals surface area (Å²) in [5.74, 6) is -1.27. The summed E-state index contributed by atoms with van der Waals surface area (Å²) in [7, 11) is -3.88. The molecular formula is C11H7ClF3N5O2S2. The standard InChI is InChI=1S/C11H7ClF3N5O2S2/c12-6-2-1-3-7(4-6)24(21,22)16-5-8-19-20-9(11(13,14)15)17-18-10(20)23-8/h1-4,16H,5H2. The van der Waals surface area contributed by atoms with Gasteiger partial charge in [-0.1, -0.05) is 29.0 Å². The van der Waals surface area contributed by atoms with Crippen LogP contribution in [-0.2, 0) is 22.7 Å². The van der Waals surface area contributed by atoms with E-state index in [-0.39, 0.29) is 26.4 Å². The van der Waals surface area contributed by atoms with E-state index in [1.807, 2.05) is 0 Å². The van der Waals surface area contributed by atoms with E-state index in [2.05, 4.69) is 20.0 Å². The molecule has 0 saturated carbocycles. The summed E-state index contributed by atoms with van der Waals surface area (Å²) in [6, 6.07) is 5.58. The van der Waals surface area contributed by atoms with Crippen molar-refractivity contribution in [3.05, 3.63) is 40.1 Å². The molecule has 24 heavy (non-hydrogen) atoms. The number of sulfonamides is 1. The molecule has 0 amide bonds. The van der Waals surface area contributed by atoms with E-state index in [9.17, 15) is 21.6 Å². The van der Waals surface area contributed by atoms with E-state index >= 15 is 0 Å². The second-order valence-electron chi connectivity index (χ2n) is 4.49. The maximum absolute atomic E-state index is 12.7. The Hall–Kier alpha value is -1.76. The lowest BCUT2D eigenvalue weighted by Crippen LogP contribution is -2.23. The Morgan fingerprint density at radius 2 is 2.04 bits per heavy atom. The molecule has 2 aromatic heterocycles. The summed E-state index contributed by atoms with van der Waals surface area (Å²) in [5, 5.41) is 10.4. The number of rotatable bonds is 4. The quantitative estimate of drug-likeness (QED) is 0.729. The van der Waals surface area contributed by atoms with Crippen molar-refractivity contribution in [2.75, 3.05) is 0 Å². The Labute approximate surface area is 142 Å². The topological polar surface area (TPSA) is 89.2 Å². The molecule has 0 bridgehead atoms. The molecule has 0 saturated heterocycles. The van der Waals surface area contributed by atoms with Crippen LogP contribution in [0.5, 0.6) is 0 Å². The minimum atomic E-state index is -4.70. The molecule has 0 radical (unpaired) electrons. The van der Waals surface area contributed by atoms with Crippen LogP contribution in [0, 0.1) is 0 Å². The third-order valence-electron chi connectivity index (χ3n) is 2.81. The lowest BCUT2D eigenvalue weighted by Gasteiger charge is -2.05. The fraction of sp³-hybridized carbons (Fsp3) is 0.182. The Balaban J connectivity index is 1.82. The minimum absolute atomic E-state index is 0.0611. The normalized spacial score (nSPS) is 12.8. The number of nitrogens with zero attached hydrogens (tertiary/aromatic N) is 4. The lowest BCUT2D eigenvalue weighted by atomic mass is 10.4. The van der Waals surface area contributed by atoms with Crippen molar-refractivity contribution in [1.82, 2.24) is 24.5 Å². The van der Waals surface area contributed by atoms with Gasteiger partial charge in [0.15, 0.2) is 0 Å². The molecule has 0 aliphatic rings. The molecule has 3 aromatic rings. The van der Waals surface area contributed by atoms with Crippen LogP contribution in [0.2, 0.25) is 5.02 Å². The number of hydrogen-bond acceptors (Lipinski definition) is 6. The van der Waals surface area contributed by atoms with Gasteiger partial charge >= 0.3 is 6.18 Å². The van der Waals surface area contributed by atoms with Crippen LogP contribution in [0.1, 0.15) is 10.8 Å². The molecule has 128 valence electrons. The van der Waals surface area contributed by atoms with Crippen LogP contribution in [-0.4, -0.2) is 28.2 Å². The maximum atomic E-state index is 12.7. The number of alkyl halides is 3. The molecule has 3 rings (SSSR count). The van der Waals surface area contributed by atoms with E-state index in [1.54, 1.807) is 0 Å². The molecule has 0 aliphatic carbocycles. The highest BCUT2D eigenvalue weighted by atomic mass is 35.5. The fourth-order valence-electron chi connectivity index (χ4n) is 1.78. The van der Waals surface area contributed by atoms with Crippen molar-refractivity contribution in [1.29, 1.82) is 0 Å². The number of nitrogens with one attached hydrogen (secondary N) is 1. The highest BCUT2D eigenvalue weighted by Crippen LogP contribution is 2.29. The molecule has 1 N–H and O–H groups in total. The first kappa shape index (κ1) is 17.1. The zero-order chi connectivity index (χ0) is 17.5. The maximum Gasteiger partial charge on any atom is 0.453 e. The molecule has 0 aliphatic heterocycles. The van der Waals surface area contributed by atoms with Crippen LogP contribution in [0.25, 0.3) is 4.96 Å².